The second-order valence-corrected chi connectivity index (χ2v) is 8.18. The van der Waals surface area contributed by atoms with E-state index in [-0.39, 0.29) is 5.91 Å². The van der Waals surface area contributed by atoms with Gasteiger partial charge < -0.3 is 5.32 Å². The Balaban J connectivity index is 1.46. The first-order valence-corrected chi connectivity index (χ1v) is 10.2. The van der Waals surface area contributed by atoms with E-state index in [2.05, 4.69) is 27.5 Å². The lowest BCUT2D eigenvalue weighted by atomic mass is 10.0. The van der Waals surface area contributed by atoms with Crippen molar-refractivity contribution in [1.29, 1.82) is 0 Å². The fourth-order valence-corrected chi connectivity index (χ4v) is 4.35. The zero-order chi connectivity index (χ0) is 16.8. The Hall–Kier alpha value is -1.37. The van der Waals surface area contributed by atoms with E-state index in [0.29, 0.717) is 10.9 Å². The first-order chi connectivity index (χ1) is 11.7. The minimum absolute atomic E-state index is 0.00338. The topological polar surface area (TPSA) is 45.2 Å². The summed E-state index contributed by atoms with van der Waals surface area (Å²) in [7, 11) is 0. The van der Waals surface area contributed by atoms with Crippen LogP contribution < -0.4 is 5.32 Å². The number of aromatic nitrogens is 1. The number of carbonyl (C=O) groups is 1. The van der Waals surface area contributed by atoms with Crippen molar-refractivity contribution < 1.29 is 4.79 Å². The number of piperidine rings is 1. The van der Waals surface area contributed by atoms with E-state index in [4.69, 9.17) is 0 Å². The van der Waals surface area contributed by atoms with Gasteiger partial charge in [0.05, 0.1) is 11.4 Å². The monoisotopic (exact) mass is 361 g/mol. The van der Waals surface area contributed by atoms with Gasteiger partial charge >= 0.3 is 0 Å². The number of hydrogen-bond acceptors (Lipinski definition) is 5. The molecule has 1 aromatic heterocycles. The molecule has 1 amide bonds. The van der Waals surface area contributed by atoms with Crippen molar-refractivity contribution in [3.8, 4) is 0 Å². The van der Waals surface area contributed by atoms with Crippen LogP contribution in [0.2, 0.25) is 0 Å². The van der Waals surface area contributed by atoms with Crippen molar-refractivity contribution in [2.75, 3.05) is 24.2 Å². The molecule has 2 heterocycles. The highest BCUT2D eigenvalue weighted by molar-refractivity contribution is 8.00. The Morgan fingerprint density at radius 3 is 3.04 bits per heavy atom. The number of nitrogens with zero attached hydrogens (tertiary/aromatic N) is 2. The standard InChI is InChI=1S/C18H23N3OS2/c1-14-6-5-9-21(10-14)11-15-12-24-18(19-15)20-17(22)13-23-16-7-3-2-4-8-16/h2-4,7-8,12,14H,5-6,9-11,13H2,1H3,(H,19,20,22). The minimum atomic E-state index is -0.00338. The smallest absolute Gasteiger partial charge is 0.236 e. The van der Waals surface area contributed by atoms with E-state index in [9.17, 15) is 4.79 Å². The lowest BCUT2D eigenvalue weighted by Gasteiger charge is -2.30. The Bertz CT molecular complexity index is 659. The number of likely N-dealkylation sites (tertiary alicyclic amines) is 1. The molecule has 0 radical (unpaired) electrons. The highest BCUT2D eigenvalue weighted by Gasteiger charge is 2.17. The molecule has 0 spiro atoms. The summed E-state index contributed by atoms with van der Waals surface area (Å²) in [4.78, 5) is 20.2. The van der Waals surface area contributed by atoms with E-state index < -0.39 is 0 Å². The Labute approximate surface area is 151 Å². The van der Waals surface area contributed by atoms with Crippen molar-refractivity contribution in [3.63, 3.8) is 0 Å². The van der Waals surface area contributed by atoms with E-state index in [0.717, 1.165) is 36.1 Å². The summed E-state index contributed by atoms with van der Waals surface area (Å²) in [5.74, 6) is 1.17. The molecule has 0 saturated carbocycles. The number of hydrogen-bond donors (Lipinski definition) is 1. The quantitative estimate of drug-likeness (QED) is 0.787. The van der Waals surface area contributed by atoms with Crippen LogP contribution in [0.3, 0.4) is 0 Å². The zero-order valence-corrected chi connectivity index (χ0v) is 15.5. The molecule has 1 fully saturated rings. The third kappa shape index (κ3) is 5.33. The van der Waals surface area contributed by atoms with Crippen molar-refractivity contribution in [1.82, 2.24) is 9.88 Å². The van der Waals surface area contributed by atoms with Gasteiger partial charge in [-0.25, -0.2) is 4.98 Å². The molecule has 1 aliphatic rings. The third-order valence-corrected chi connectivity index (χ3v) is 5.86. The molecule has 0 aliphatic carbocycles. The molecule has 3 rings (SSSR count). The summed E-state index contributed by atoms with van der Waals surface area (Å²) in [5.41, 5.74) is 1.06. The number of amides is 1. The summed E-state index contributed by atoms with van der Waals surface area (Å²) in [6, 6.07) is 9.96. The third-order valence-electron chi connectivity index (χ3n) is 4.04. The van der Waals surface area contributed by atoms with Gasteiger partial charge in [0.2, 0.25) is 5.91 Å². The van der Waals surface area contributed by atoms with Crippen molar-refractivity contribution in [2.24, 2.45) is 5.92 Å². The molecule has 1 aliphatic heterocycles. The summed E-state index contributed by atoms with van der Waals surface area (Å²) < 4.78 is 0. The van der Waals surface area contributed by atoms with Crippen LogP contribution in [0.15, 0.2) is 40.6 Å². The maximum atomic E-state index is 12.1. The molecule has 1 saturated heterocycles. The predicted octanol–water partition coefficient (Wildman–Crippen LogP) is 4.11. The average Bonchev–Trinajstić information content (AvgIpc) is 3.01. The number of thiazole rings is 1. The van der Waals surface area contributed by atoms with Crippen molar-refractivity contribution in [2.45, 2.75) is 31.2 Å². The van der Waals surface area contributed by atoms with E-state index in [1.54, 1.807) is 0 Å². The van der Waals surface area contributed by atoms with Gasteiger partial charge in [0.25, 0.3) is 0 Å². The molecule has 2 aromatic rings. The molecule has 1 unspecified atom stereocenters. The number of anilines is 1. The normalized spacial score (nSPS) is 18.5. The largest absolute Gasteiger partial charge is 0.301 e. The number of thioether (sulfide) groups is 1. The lowest BCUT2D eigenvalue weighted by molar-refractivity contribution is -0.113. The van der Waals surface area contributed by atoms with Gasteiger partial charge in [0, 0.05) is 23.4 Å². The molecule has 24 heavy (non-hydrogen) atoms. The van der Waals surface area contributed by atoms with E-state index >= 15 is 0 Å². The molecular weight excluding hydrogens is 338 g/mol. The Morgan fingerprint density at radius 1 is 1.42 bits per heavy atom. The Kier molecular flexibility index (Phi) is 6.29. The number of rotatable bonds is 6. The van der Waals surface area contributed by atoms with Crippen LogP contribution in [0.25, 0.3) is 0 Å². The molecule has 1 aromatic carbocycles. The molecule has 1 atom stereocenters. The fourth-order valence-electron chi connectivity index (χ4n) is 2.92. The molecule has 1 N–H and O–H groups in total. The second kappa shape index (κ2) is 8.65. The number of nitrogens with one attached hydrogen (secondary N) is 1. The summed E-state index contributed by atoms with van der Waals surface area (Å²) >= 11 is 3.05. The minimum Gasteiger partial charge on any atom is -0.301 e. The van der Waals surface area contributed by atoms with Crippen molar-refractivity contribution >= 4 is 34.1 Å². The second-order valence-electron chi connectivity index (χ2n) is 6.28. The molecule has 4 nitrogen and oxygen atoms in total. The van der Waals surface area contributed by atoms with Crippen LogP contribution in [0.4, 0.5) is 5.13 Å². The average molecular weight is 362 g/mol. The SMILES string of the molecule is CC1CCCN(Cc2csc(NC(=O)CSc3ccccc3)n2)C1. The van der Waals surface area contributed by atoms with Crippen LogP contribution >= 0.6 is 23.1 Å². The van der Waals surface area contributed by atoms with Gasteiger partial charge in [-0.05, 0) is 37.4 Å². The van der Waals surface area contributed by atoms with Crippen LogP contribution in [0.5, 0.6) is 0 Å². The first kappa shape index (κ1) is 17.5. The number of carbonyl (C=O) groups excluding carboxylic acids is 1. The first-order valence-electron chi connectivity index (χ1n) is 8.33. The predicted molar refractivity (Wildman–Crippen MR) is 102 cm³/mol. The molecular formula is C18H23N3OS2. The van der Waals surface area contributed by atoms with Gasteiger partial charge in [-0.2, -0.15) is 0 Å². The van der Waals surface area contributed by atoms with Gasteiger partial charge in [-0.15, -0.1) is 23.1 Å². The fraction of sp³-hybridized carbons (Fsp3) is 0.444. The maximum Gasteiger partial charge on any atom is 0.236 e. The molecule has 0 bridgehead atoms. The molecule has 6 heteroatoms. The van der Waals surface area contributed by atoms with Gasteiger partial charge in [-0.3, -0.25) is 9.69 Å². The zero-order valence-electron chi connectivity index (χ0n) is 13.9. The maximum absolute atomic E-state index is 12.1. The molecule has 128 valence electrons. The van der Waals surface area contributed by atoms with E-state index in [1.807, 2.05) is 30.3 Å². The summed E-state index contributed by atoms with van der Waals surface area (Å²) in [6.07, 6.45) is 2.60. The summed E-state index contributed by atoms with van der Waals surface area (Å²) in [5, 5.41) is 5.67. The van der Waals surface area contributed by atoms with Gasteiger partial charge in [-0.1, -0.05) is 25.1 Å². The van der Waals surface area contributed by atoms with Gasteiger partial charge in [0.1, 0.15) is 0 Å². The highest BCUT2D eigenvalue weighted by Crippen LogP contribution is 2.22. The van der Waals surface area contributed by atoms with Crippen LogP contribution in [-0.2, 0) is 11.3 Å². The Morgan fingerprint density at radius 2 is 2.25 bits per heavy atom. The lowest BCUT2D eigenvalue weighted by Crippen LogP contribution is -2.33. The van der Waals surface area contributed by atoms with Crippen LogP contribution in [0.1, 0.15) is 25.5 Å². The van der Waals surface area contributed by atoms with Crippen LogP contribution in [-0.4, -0.2) is 34.6 Å². The van der Waals surface area contributed by atoms with Crippen LogP contribution in [0, 0.1) is 5.92 Å². The van der Waals surface area contributed by atoms with Gasteiger partial charge in [0.15, 0.2) is 5.13 Å². The summed E-state index contributed by atoms with van der Waals surface area (Å²) in [6.45, 7) is 5.49. The van der Waals surface area contributed by atoms with Crippen molar-refractivity contribution in [3.05, 3.63) is 41.4 Å². The number of benzene rings is 1. The highest BCUT2D eigenvalue weighted by atomic mass is 32.2. The van der Waals surface area contributed by atoms with E-state index in [1.165, 1.54) is 35.9 Å².